The normalized spacial score (nSPS) is 11.3. The zero-order valence-corrected chi connectivity index (χ0v) is 11.7. The Morgan fingerprint density at radius 1 is 1.20 bits per heavy atom. The summed E-state index contributed by atoms with van der Waals surface area (Å²) >= 11 is 0. The summed E-state index contributed by atoms with van der Waals surface area (Å²) in [6.07, 6.45) is 3.83. The molecule has 3 aromatic rings. The molecule has 102 valence electrons. The number of hydrogen-bond donors (Lipinski definition) is 2. The minimum atomic E-state index is 0.426. The number of benzene rings is 1. The van der Waals surface area contributed by atoms with E-state index in [4.69, 9.17) is 0 Å². The van der Waals surface area contributed by atoms with Crippen molar-refractivity contribution in [1.29, 1.82) is 0 Å². The van der Waals surface area contributed by atoms with E-state index in [1.807, 2.05) is 30.6 Å². The van der Waals surface area contributed by atoms with Crippen molar-refractivity contribution in [3.8, 4) is 11.3 Å². The van der Waals surface area contributed by atoms with E-state index in [1.54, 1.807) is 0 Å². The number of nitrogens with one attached hydrogen (secondary N) is 2. The number of hydrogen-bond acceptors (Lipinski definition) is 3. The van der Waals surface area contributed by atoms with Gasteiger partial charge in [-0.1, -0.05) is 32.0 Å². The molecule has 0 fully saturated rings. The fraction of sp³-hybridized carbons (Fsp3) is 0.250. The van der Waals surface area contributed by atoms with Gasteiger partial charge in [0.05, 0.1) is 12.2 Å². The summed E-state index contributed by atoms with van der Waals surface area (Å²) in [5, 5.41) is 4.53. The van der Waals surface area contributed by atoms with Crippen molar-refractivity contribution >= 4 is 10.9 Å². The minimum Gasteiger partial charge on any atom is -0.360 e. The van der Waals surface area contributed by atoms with E-state index < -0.39 is 0 Å². The number of para-hydroxylation sites is 1. The van der Waals surface area contributed by atoms with Gasteiger partial charge in [0.2, 0.25) is 0 Å². The van der Waals surface area contributed by atoms with E-state index in [2.05, 4.69) is 46.2 Å². The van der Waals surface area contributed by atoms with E-state index in [-0.39, 0.29) is 0 Å². The van der Waals surface area contributed by atoms with Crippen molar-refractivity contribution in [2.75, 3.05) is 0 Å². The lowest BCUT2D eigenvalue weighted by atomic mass is 10.1. The molecular weight excluding hydrogens is 248 g/mol. The first-order valence-corrected chi connectivity index (χ1v) is 6.86. The minimum absolute atomic E-state index is 0.426. The SMILES string of the molecule is CC(C)NCc1nccc(-c2c[nH]c3ccccc23)n1. The second-order valence-electron chi connectivity index (χ2n) is 5.14. The van der Waals surface area contributed by atoms with E-state index in [9.17, 15) is 0 Å². The van der Waals surface area contributed by atoms with Crippen LogP contribution in [-0.4, -0.2) is 21.0 Å². The quantitative estimate of drug-likeness (QED) is 0.763. The Labute approximate surface area is 118 Å². The third kappa shape index (κ3) is 2.56. The van der Waals surface area contributed by atoms with Gasteiger partial charge in [-0.05, 0) is 12.1 Å². The molecule has 0 radical (unpaired) electrons. The summed E-state index contributed by atoms with van der Waals surface area (Å²) in [6, 6.07) is 10.6. The fourth-order valence-electron chi connectivity index (χ4n) is 2.21. The Kier molecular flexibility index (Phi) is 3.48. The maximum absolute atomic E-state index is 4.64. The molecule has 0 spiro atoms. The Hall–Kier alpha value is -2.20. The first-order chi connectivity index (χ1) is 9.74. The largest absolute Gasteiger partial charge is 0.360 e. The molecule has 0 aliphatic heterocycles. The number of H-pyrrole nitrogens is 1. The van der Waals surface area contributed by atoms with Gasteiger partial charge in [0.25, 0.3) is 0 Å². The van der Waals surface area contributed by atoms with Crippen molar-refractivity contribution in [1.82, 2.24) is 20.3 Å². The summed E-state index contributed by atoms with van der Waals surface area (Å²) in [5.74, 6) is 0.821. The molecule has 0 bridgehead atoms. The highest BCUT2D eigenvalue weighted by molar-refractivity contribution is 5.94. The lowest BCUT2D eigenvalue weighted by Gasteiger charge is -2.07. The average Bonchev–Trinajstić information content (AvgIpc) is 2.89. The lowest BCUT2D eigenvalue weighted by molar-refractivity contribution is 0.572. The molecule has 2 N–H and O–H groups in total. The third-order valence-corrected chi connectivity index (χ3v) is 3.24. The van der Waals surface area contributed by atoms with E-state index in [1.165, 1.54) is 5.39 Å². The van der Waals surface area contributed by atoms with Crippen LogP contribution in [0.5, 0.6) is 0 Å². The zero-order valence-electron chi connectivity index (χ0n) is 11.7. The van der Waals surface area contributed by atoms with Crippen molar-refractivity contribution < 1.29 is 0 Å². The van der Waals surface area contributed by atoms with Crippen molar-refractivity contribution in [2.24, 2.45) is 0 Å². The molecule has 0 atom stereocenters. The molecule has 2 aromatic heterocycles. The highest BCUT2D eigenvalue weighted by Crippen LogP contribution is 2.26. The van der Waals surface area contributed by atoms with Gasteiger partial charge in [-0.15, -0.1) is 0 Å². The zero-order chi connectivity index (χ0) is 13.9. The van der Waals surface area contributed by atoms with Crippen LogP contribution in [-0.2, 0) is 6.54 Å². The molecule has 0 saturated carbocycles. The number of aromatic amines is 1. The Balaban J connectivity index is 1.95. The average molecular weight is 266 g/mol. The first kappa shape index (κ1) is 12.8. The summed E-state index contributed by atoms with van der Waals surface area (Å²) in [5.41, 5.74) is 3.20. The van der Waals surface area contributed by atoms with Gasteiger partial charge in [0, 0.05) is 34.9 Å². The molecule has 0 aliphatic carbocycles. The van der Waals surface area contributed by atoms with Crippen LogP contribution in [0.15, 0.2) is 42.7 Å². The Morgan fingerprint density at radius 2 is 2.05 bits per heavy atom. The molecule has 1 aromatic carbocycles. The number of fused-ring (bicyclic) bond motifs is 1. The lowest BCUT2D eigenvalue weighted by Crippen LogP contribution is -2.23. The third-order valence-electron chi connectivity index (χ3n) is 3.24. The molecule has 0 aliphatic rings. The van der Waals surface area contributed by atoms with Crippen molar-refractivity contribution in [3.05, 3.63) is 48.5 Å². The van der Waals surface area contributed by atoms with Gasteiger partial charge < -0.3 is 10.3 Å². The number of nitrogens with zero attached hydrogens (tertiary/aromatic N) is 2. The predicted octanol–water partition coefficient (Wildman–Crippen LogP) is 3.12. The number of rotatable bonds is 4. The molecule has 4 heteroatoms. The summed E-state index contributed by atoms with van der Waals surface area (Å²) < 4.78 is 0. The van der Waals surface area contributed by atoms with Crippen LogP contribution in [0, 0.1) is 0 Å². The van der Waals surface area contributed by atoms with Gasteiger partial charge in [-0.2, -0.15) is 0 Å². The van der Waals surface area contributed by atoms with Crippen LogP contribution >= 0.6 is 0 Å². The molecule has 4 nitrogen and oxygen atoms in total. The second-order valence-corrected chi connectivity index (χ2v) is 5.14. The Bertz CT molecular complexity index is 715. The van der Waals surface area contributed by atoms with Gasteiger partial charge >= 0.3 is 0 Å². The molecule has 2 heterocycles. The molecule has 20 heavy (non-hydrogen) atoms. The van der Waals surface area contributed by atoms with E-state index >= 15 is 0 Å². The van der Waals surface area contributed by atoms with Crippen LogP contribution in [0.25, 0.3) is 22.2 Å². The topological polar surface area (TPSA) is 53.6 Å². The summed E-state index contributed by atoms with van der Waals surface area (Å²) in [4.78, 5) is 12.2. The number of aromatic nitrogens is 3. The van der Waals surface area contributed by atoms with Crippen LogP contribution in [0.3, 0.4) is 0 Å². The monoisotopic (exact) mass is 266 g/mol. The predicted molar refractivity (Wildman–Crippen MR) is 81.3 cm³/mol. The van der Waals surface area contributed by atoms with Gasteiger partial charge in [-0.25, -0.2) is 9.97 Å². The molecular formula is C16H18N4. The van der Waals surface area contributed by atoms with Crippen molar-refractivity contribution in [2.45, 2.75) is 26.4 Å². The summed E-state index contributed by atoms with van der Waals surface area (Å²) in [6.45, 7) is 4.92. The van der Waals surface area contributed by atoms with Crippen LogP contribution in [0.1, 0.15) is 19.7 Å². The smallest absolute Gasteiger partial charge is 0.142 e. The summed E-state index contributed by atoms with van der Waals surface area (Å²) in [7, 11) is 0. The van der Waals surface area contributed by atoms with Crippen LogP contribution in [0.4, 0.5) is 0 Å². The molecule has 0 amide bonds. The van der Waals surface area contributed by atoms with Crippen molar-refractivity contribution in [3.63, 3.8) is 0 Å². The molecule has 0 saturated heterocycles. The van der Waals surface area contributed by atoms with E-state index in [0.717, 1.165) is 22.6 Å². The van der Waals surface area contributed by atoms with Gasteiger partial charge in [-0.3, -0.25) is 0 Å². The first-order valence-electron chi connectivity index (χ1n) is 6.86. The van der Waals surface area contributed by atoms with Crippen LogP contribution < -0.4 is 5.32 Å². The van der Waals surface area contributed by atoms with Gasteiger partial charge in [0.15, 0.2) is 0 Å². The standard InChI is InChI=1S/C16H18N4/c1-11(2)18-10-16-17-8-7-15(20-16)13-9-19-14-6-4-3-5-12(13)14/h3-9,11,18-19H,10H2,1-2H3. The Morgan fingerprint density at radius 3 is 2.90 bits per heavy atom. The van der Waals surface area contributed by atoms with E-state index in [0.29, 0.717) is 12.6 Å². The maximum atomic E-state index is 4.64. The van der Waals surface area contributed by atoms with Crippen LogP contribution in [0.2, 0.25) is 0 Å². The second kappa shape index (κ2) is 5.43. The molecule has 0 unspecified atom stereocenters. The van der Waals surface area contributed by atoms with Gasteiger partial charge in [0.1, 0.15) is 5.82 Å². The molecule has 3 rings (SSSR count). The highest BCUT2D eigenvalue weighted by Gasteiger charge is 2.08. The highest BCUT2D eigenvalue weighted by atomic mass is 15.0. The fourth-order valence-corrected chi connectivity index (χ4v) is 2.21. The maximum Gasteiger partial charge on any atom is 0.142 e.